The number of hydrogen-bond acceptors (Lipinski definition) is 2. The van der Waals surface area contributed by atoms with Gasteiger partial charge in [-0.2, -0.15) is 0 Å². The van der Waals surface area contributed by atoms with Gasteiger partial charge in [-0.05, 0) is 22.0 Å². The first-order valence-electron chi connectivity index (χ1n) is 4.21. The van der Waals surface area contributed by atoms with Gasteiger partial charge >= 0.3 is 0 Å². The van der Waals surface area contributed by atoms with Gasteiger partial charge in [-0.25, -0.2) is 21.9 Å². The van der Waals surface area contributed by atoms with E-state index in [4.69, 9.17) is 11.6 Å². The molecular weight excluding hydrogens is 340 g/mol. The first-order chi connectivity index (χ1) is 7.74. The van der Waals surface area contributed by atoms with E-state index >= 15 is 0 Å². The number of halogens is 4. The van der Waals surface area contributed by atoms with Crippen molar-refractivity contribution in [3.05, 3.63) is 39.9 Å². The molecule has 0 aliphatic heterocycles. The lowest BCUT2D eigenvalue weighted by atomic mass is 10.3. The molecule has 1 aromatic rings. The Morgan fingerprint density at radius 2 is 2.06 bits per heavy atom. The minimum absolute atomic E-state index is 0.0483. The van der Waals surface area contributed by atoms with Crippen LogP contribution in [0.4, 0.5) is 8.78 Å². The van der Waals surface area contributed by atoms with Crippen LogP contribution in [0.15, 0.2) is 33.1 Å². The third-order valence-corrected chi connectivity index (χ3v) is 4.18. The molecule has 0 saturated heterocycles. The zero-order valence-electron chi connectivity index (χ0n) is 8.31. The topological polar surface area (TPSA) is 46.2 Å². The summed E-state index contributed by atoms with van der Waals surface area (Å²) in [5.41, 5.74) is 0. The normalized spacial score (nSPS) is 11.5. The van der Waals surface area contributed by atoms with E-state index < -0.39 is 26.6 Å². The van der Waals surface area contributed by atoms with Crippen LogP contribution in [0.3, 0.4) is 0 Å². The SMILES string of the molecule is C=C(Cl)CNS(=O)(=O)c1c(F)cc(F)cc1Br. The highest BCUT2D eigenvalue weighted by Crippen LogP contribution is 2.26. The molecule has 0 aliphatic carbocycles. The molecule has 94 valence electrons. The third kappa shape index (κ3) is 3.74. The number of hydrogen-bond donors (Lipinski definition) is 1. The highest BCUT2D eigenvalue weighted by Gasteiger charge is 2.23. The predicted octanol–water partition coefficient (Wildman–Crippen LogP) is 2.76. The van der Waals surface area contributed by atoms with E-state index in [1.54, 1.807) is 0 Å². The molecule has 0 bridgehead atoms. The van der Waals surface area contributed by atoms with E-state index in [1.807, 2.05) is 4.72 Å². The molecule has 0 saturated carbocycles. The summed E-state index contributed by atoms with van der Waals surface area (Å²) in [6.45, 7) is 3.04. The molecule has 17 heavy (non-hydrogen) atoms. The Morgan fingerprint density at radius 1 is 1.47 bits per heavy atom. The lowest BCUT2D eigenvalue weighted by molar-refractivity contribution is 0.542. The van der Waals surface area contributed by atoms with Crippen molar-refractivity contribution >= 4 is 37.6 Å². The Morgan fingerprint density at radius 3 is 2.53 bits per heavy atom. The average Bonchev–Trinajstić information content (AvgIpc) is 2.12. The zero-order valence-corrected chi connectivity index (χ0v) is 11.5. The van der Waals surface area contributed by atoms with Crippen LogP contribution in [-0.4, -0.2) is 15.0 Å². The largest absolute Gasteiger partial charge is 0.244 e. The Hall–Kier alpha value is -0.500. The van der Waals surface area contributed by atoms with Crippen LogP contribution in [-0.2, 0) is 10.0 Å². The minimum Gasteiger partial charge on any atom is -0.207 e. The second-order valence-electron chi connectivity index (χ2n) is 3.04. The summed E-state index contributed by atoms with van der Waals surface area (Å²) in [5.74, 6) is -2.07. The van der Waals surface area contributed by atoms with Crippen molar-refractivity contribution in [1.29, 1.82) is 0 Å². The fourth-order valence-corrected chi connectivity index (χ4v) is 3.36. The number of rotatable bonds is 4. The van der Waals surface area contributed by atoms with Gasteiger partial charge in [0.2, 0.25) is 10.0 Å². The number of sulfonamides is 1. The van der Waals surface area contributed by atoms with Gasteiger partial charge < -0.3 is 0 Å². The molecule has 0 radical (unpaired) electrons. The summed E-state index contributed by atoms with van der Waals surface area (Å²) >= 11 is 8.18. The van der Waals surface area contributed by atoms with Gasteiger partial charge in [-0.1, -0.05) is 18.2 Å². The fourth-order valence-electron chi connectivity index (χ4n) is 1.03. The lowest BCUT2D eigenvalue weighted by Gasteiger charge is -2.08. The van der Waals surface area contributed by atoms with E-state index in [-0.39, 0.29) is 16.0 Å². The fraction of sp³-hybridized carbons (Fsp3) is 0.111. The van der Waals surface area contributed by atoms with Gasteiger partial charge in [-0.15, -0.1) is 0 Å². The first-order valence-corrected chi connectivity index (χ1v) is 6.87. The standard InChI is InChI=1S/C9H7BrClF2NO2S/c1-5(11)4-14-17(15,16)9-7(10)2-6(12)3-8(9)13/h2-3,14H,1,4H2. The maximum atomic E-state index is 13.4. The van der Waals surface area contributed by atoms with Crippen LogP contribution >= 0.6 is 27.5 Å². The third-order valence-electron chi connectivity index (χ3n) is 1.69. The van der Waals surface area contributed by atoms with Crippen molar-refractivity contribution in [2.75, 3.05) is 6.54 Å². The summed E-state index contributed by atoms with van der Waals surface area (Å²) < 4.78 is 51.4. The van der Waals surface area contributed by atoms with Gasteiger partial charge in [0.05, 0.1) is 0 Å². The second kappa shape index (κ2) is 5.43. The van der Waals surface area contributed by atoms with E-state index in [1.165, 1.54) is 0 Å². The summed E-state index contributed by atoms with van der Waals surface area (Å²) in [6, 6.07) is 1.34. The molecule has 0 heterocycles. The van der Waals surface area contributed by atoms with Crippen molar-refractivity contribution < 1.29 is 17.2 Å². The van der Waals surface area contributed by atoms with Crippen molar-refractivity contribution in [3.8, 4) is 0 Å². The average molecular weight is 347 g/mol. The Kier molecular flexibility index (Phi) is 4.65. The number of benzene rings is 1. The molecule has 0 aliphatic rings. The Labute approximate surface area is 111 Å². The maximum absolute atomic E-state index is 13.4. The smallest absolute Gasteiger partial charge is 0.207 e. The number of nitrogens with one attached hydrogen (secondary N) is 1. The molecule has 1 aromatic carbocycles. The Balaban J connectivity index is 3.20. The first kappa shape index (κ1) is 14.6. The molecule has 0 fully saturated rings. The summed E-state index contributed by atoms with van der Waals surface area (Å²) in [6.07, 6.45) is 0. The van der Waals surface area contributed by atoms with Crippen LogP contribution in [0, 0.1) is 11.6 Å². The van der Waals surface area contributed by atoms with Crippen LogP contribution < -0.4 is 4.72 Å². The highest BCUT2D eigenvalue weighted by atomic mass is 79.9. The zero-order chi connectivity index (χ0) is 13.2. The van der Waals surface area contributed by atoms with E-state index in [0.717, 1.165) is 6.07 Å². The van der Waals surface area contributed by atoms with E-state index in [0.29, 0.717) is 6.07 Å². The molecule has 0 unspecified atom stereocenters. The van der Waals surface area contributed by atoms with Gasteiger partial charge in [0.1, 0.15) is 16.5 Å². The molecule has 3 nitrogen and oxygen atoms in total. The summed E-state index contributed by atoms with van der Waals surface area (Å²) in [4.78, 5) is -0.670. The molecule has 1 rings (SSSR count). The van der Waals surface area contributed by atoms with Gasteiger partial charge in [0.15, 0.2) is 0 Å². The van der Waals surface area contributed by atoms with Crippen molar-refractivity contribution in [2.24, 2.45) is 0 Å². The van der Waals surface area contributed by atoms with Gasteiger partial charge in [-0.3, -0.25) is 0 Å². The van der Waals surface area contributed by atoms with E-state index in [9.17, 15) is 17.2 Å². The van der Waals surface area contributed by atoms with Crippen LogP contribution in [0.5, 0.6) is 0 Å². The quantitative estimate of drug-likeness (QED) is 0.911. The summed E-state index contributed by atoms with van der Waals surface area (Å²) in [5, 5.41) is 0.0483. The van der Waals surface area contributed by atoms with Crippen LogP contribution in [0.2, 0.25) is 0 Å². The Bertz CT molecular complexity index is 539. The summed E-state index contributed by atoms with van der Waals surface area (Å²) in [7, 11) is -4.12. The predicted molar refractivity (Wildman–Crippen MR) is 64.2 cm³/mol. The van der Waals surface area contributed by atoms with Crippen molar-refractivity contribution in [3.63, 3.8) is 0 Å². The van der Waals surface area contributed by atoms with Gasteiger partial charge in [0.25, 0.3) is 0 Å². The maximum Gasteiger partial charge on any atom is 0.244 e. The molecule has 1 N–H and O–H groups in total. The molecule has 8 heteroatoms. The highest BCUT2D eigenvalue weighted by molar-refractivity contribution is 9.10. The molecular formula is C9H7BrClF2NO2S. The lowest BCUT2D eigenvalue weighted by Crippen LogP contribution is -2.26. The second-order valence-corrected chi connectivity index (χ2v) is 6.13. The molecule has 0 aromatic heterocycles. The van der Waals surface area contributed by atoms with Crippen molar-refractivity contribution in [1.82, 2.24) is 4.72 Å². The van der Waals surface area contributed by atoms with E-state index in [2.05, 4.69) is 22.5 Å². The van der Waals surface area contributed by atoms with Crippen LogP contribution in [0.1, 0.15) is 0 Å². The monoisotopic (exact) mass is 345 g/mol. The molecule has 0 amide bonds. The minimum atomic E-state index is -4.12. The van der Waals surface area contributed by atoms with Crippen molar-refractivity contribution in [2.45, 2.75) is 4.90 Å². The van der Waals surface area contributed by atoms with Crippen LogP contribution in [0.25, 0.3) is 0 Å². The molecule has 0 atom stereocenters. The van der Waals surface area contributed by atoms with Gasteiger partial charge in [0, 0.05) is 22.1 Å². The molecule has 0 spiro atoms.